The number of hydrogen-bond donors (Lipinski definition) is 0. The van der Waals surface area contributed by atoms with Crippen molar-refractivity contribution < 1.29 is 19.2 Å². The lowest BCUT2D eigenvalue weighted by Gasteiger charge is -2.05. The molecule has 8 nitrogen and oxygen atoms in total. The van der Waals surface area contributed by atoms with Crippen molar-refractivity contribution in [3.63, 3.8) is 0 Å². The van der Waals surface area contributed by atoms with Crippen molar-refractivity contribution in [2.24, 2.45) is 4.99 Å². The molecule has 3 rings (SSSR count). The van der Waals surface area contributed by atoms with Crippen molar-refractivity contribution in [1.29, 1.82) is 0 Å². The second-order valence-corrected chi connectivity index (χ2v) is 6.64. The fourth-order valence-electron chi connectivity index (χ4n) is 2.46. The monoisotopic (exact) mass is 397 g/mol. The summed E-state index contributed by atoms with van der Waals surface area (Å²) in [5, 5.41) is 10.7. The molecule has 0 atom stereocenters. The van der Waals surface area contributed by atoms with Gasteiger partial charge in [0.05, 0.1) is 15.1 Å². The molecule has 0 aliphatic carbocycles. The third kappa shape index (κ3) is 4.21. The molecule has 0 N–H and O–H groups in total. The van der Waals surface area contributed by atoms with Gasteiger partial charge in [0.2, 0.25) is 0 Å². The maximum absolute atomic E-state index is 12.5. The zero-order valence-corrected chi connectivity index (χ0v) is 15.4. The maximum atomic E-state index is 12.5. The molecule has 28 heavy (non-hydrogen) atoms. The largest absolute Gasteiger partial charge is 0.460 e. The Morgan fingerprint density at radius 3 is 2.61 bits per heavy atom. The highest BCUT2D eigenvalue weighted by atomic mass is 32.1. The van der Waals surface area contributed by atoms with Crippen molar-refractivity contribution in [2.45, 2.75) is 6.54 Å². The Balaban J connectivity index is 1.99. The van der Waals surface area contributed by atoms with Crippen LogP contribution in [0.25, 0.3) is 10.2 Å². The van der Waals surface area contributed by atoms with Crippen LogP contribution in [0.1, 0.15) is 10.4 Å². The molecule has 3 aromatic rings. The standard InChI is InChI=1S/C19H15N3O5S/c1-2-11-27-17(23)12-21-15-5-3-4-6-16(15)28-19(21)20-18(24)13-7-9-14(10-8-13)22(25)26/h2-10H,1,11-12H2. The molecule has 0 fully saturated rings. The normalized spacial score (nSPS) is 11.4. The minimum absolute atomic E-state index is 0.0929. The van der Waals surface area contributed by atoms with Crippen LogP contribution < -0.4 is 4.80 Å². The number of carbonyl (C=O) groups is 2. The second-order valence-electron chi connectivity index (χ2n) is 5.63. The number of carbonyl (C=O) groups excluding carboxylic acids is 2. The van der Waals surface area contributed by atoms with Crippen molar-refractivity contribution in [3.8, 4) is 0 Å². The lowest BCUT2D eigenvalue weighted by Crippen LogP contribution is -2.23. The summed E-state index contributed by atoms with van der Waals surface area (Å²) in [6, 6.07) is 12.5. The van der Waals surface area contributed by atoms with Crippen molar-refractivity contribution in [1.82, 2.24) is 4.57 Å². The first-order chi connectivity index (χ1) is 13.5. The second kappa shape index (κ2) is 8.40. The number of ether oxygens (including phenoxy) is 1. The van der Waals surface area contributed by atoms with Gasteiger partial charge in [0.1, 0.15) is 13.2 Å². The van der Waals surface area contributed by atoms with Crippen LogP contribution in [0.15, 0.2) is 66.2 Å². The fraction of sp³-hybridized carbons (Fsp3) is 0.105. The number of nitro benzene ring substituents is 1. The van der Waals surface area contributed by atoms with Crippen LogP contribution in [-0.2, 0) is 16.1 Å². The Kier molecular flexibility index (Phi) is 5.75. The minimum atomic E-state index is -0.560. The van der Waals surface area contributed by atoms with Gasteiger partial charge in [0, 0.05) is 17.7 Å². The van der Waals surface area contributed by atoms with E-state index < -0.39 is 16.8 Å². The van der Waals surface area contributed by atoms with E-state index >= 15 is 0 Å². The molecular weight excluding hydrogens is 382 g/mol. The Morgan fingerprint density at radius 2 is 1.93 bits per heavy atom. The summed E-state index contributed by atoms with van der Waals surface area (Å²) in [4.78, 5) is 39.2. The molecule has 1 heterocycles. The molecule has 1 aromatic heterocycles. The number of nitrogens with zero attached hydrogens (tertiary/aromatic N) is 3. The Labute approximate surface area is 163 Å². The Morgan fingerprint density at radius 1 is 1.21 bits per heavy atom. The van der Waals surface area contributed by atoms with Gasteiger partial charge in [-0.25, -0.2) is 0 Å². The maximum Gasteiger partial charge on any atom is 0.326 e. The topological polar surface area (TPSA) is 104 Å². The van der Waals surface area contributed by atoms with E-state index in [2.05, 4.69) is 11.6 Å². The molecule has 0 saturated carbocycles. The van der Waals surface area contributed by atoms with Crippen LogP contribution in [0.5, 0.6) is 0 Å². The molecule has 0 saturated heterocycles. The summed E-state index contributed by atoms with van der Waals surface area (Å²) in [6.45, 7) is 3.49. The lowest BCUT2D eigenvalue weighted by atomic mass is 10.2. The van der Waals surface area contributed by atoms with Crippen molar-refractivity contribution >= 4 is 39.1 Å². The minimum Gasteiger partial charge on any atom is -0.460 e. The van der Waals surface area contributed by atoms with E-state index in [4.69, 9.17) is 4.74 Å². The number of hydrogen-bond acceptors (Lipinski definition) is 6. The molecule has 0 bridgehead atoms. The number of aromatic nitrogens is 1. The number of nitro groups is 1. The van der Waals surface area contributed by atoms with Crippen molar-refractivity contribution in [2.75, 3.05) is 6.61 Å². The van der Waals surface area contributed by atoms with Gasteiger partial charge in [-0.05, 0) is 24.3 Å². The van der Waals surface area contributed by atoms with E-state index in [-0.39, 0.29) is 24.4 Å². The van der Waals surface area contributed by atoms with Crippen LogP contribution in [0.2, 0.25) is 0 Å². The molecule has 0 aliphatic rings. The summed E-state index contributed by atoms with van der Waals surface area (Å²) in [6.07, 6.45) is 1.47. The number of esters is 1. The third-order valence-corrected chi connectivity index (χ3v) is 4.82. The zero-order valence-electron chi connectivity index (χ0n) is 14.6. The first-order valence-electron chi connectivity index (χ1n) is 8.18. The number of fused-ring (bicyclic) bond motifs is 1. The molecule has 2 aromatic carbocycles. The Bertz CT molecular complexity index is 1130. The number of amides is 1. The van der Waals surface area contributed by atoms with E-state index in [0.717, 1.165) is 10.2 Å². The van der Waals surface area contributed by atoms with Gasteiger partial charge >= 0.3 is 5.97 Å². The van der Waals surface area contributed by atoms with E-state index in [1.165, 1.54) is 41.7 Å². The van der Waals surface area contributed by atoms with Crippen LogP contribution in [0.4, 0.5) is 5.69 Å². The van der Waals surface area contributed by atoms with Crippen LogP contribution in [0.3, 0.4) is 0 Å². The highest BCUT2D eigenvalue weighted by molar-refractivity contribution is 7.16. The number of non-ortho nitro benzene ring substituents is 1. The lowest BCUT2D eigenvalue weighted by molar-refractivity contribution is -0.384. The molecule has 0 aliphatic heterocycles. The summed E-state index contributed by atoms with van der Waals surface area (Å²) in [5.41, 5.74) is 0.848. The first-order valence-corrected chi connectivity index (χ1v) is 8.99. The molecule has 0 radical (unpaired) electrons. The van der Waals surface area contributed by atoms with Gasteiger partial charge < -0.3 is 9.30 Å². The highest BCUT2D eigenvalue weighted by Crippen LogP contribution is 2.17. The highest BCUT2D eigenvalue weighted by Gasteiger charge is 2.13. The molecule has 142 valence electrons. The van der Waals surface area contributed by atoms with E-state index in [1.807, 2.05) is 24.3 Å². The molecule has 0 spiro atoms. The molecule has 1 amide bonds. The number of thiazole rings is 1. The predicted octanol–water partition coefficient (Wildman–Crippen LogP) is 3.08. The van der Waals surface area contributed by atoms with E-state index in [0.29, 0.717) is 4.80 Å². The van der Waals surface area contributed by atoms with Gasteiger partial charge in [0.15, 0.2) is 4.80 Å². The van der Waals surface area contributed by atoms with Gasteiger partial charge in [-0.2, -0.15) is 4.99 Å². The molecular formula is C19H15N3O5S. The van der Waals surface area contributed by atoms with Crippen LogP contribution >= 0.6 is 11.3 Å². The van der Waals surface area contributed by atoms with Crippen molar-refractivity contribution in [3.05, 3.63) is 81.7 Å². The fourth-order valence-corrected chi connectivity index (χ4v) is 3.49. The smallest absolute Gasteiger partial charge is 0.326 e. The SMILES string of the molecule is C=CCOC(=O)Cn1c(=NC(=O)c2ccc([N+](=O)[O-])cc2)sc2ccccc21. The third-order valence-electron chi connectivity index (χ3n) is 3.76. The average molecular weight is 397 g/mol. The van der Waals surface area contributed by atoms with Gasteiger partial charge in [0.25, 0.3) is 11.6 Å². The average Bonchev–Trinajstić information content (AvgIpc) is 3.03. The van der Waals surface area contributed by atoms with Gasteiger partial charge in [-0.15, -0.1) is 0 Å². The summed E-state index contributed by atoms with van der Waals surface area (Å²) in [7, 11) is 0. The summed E-state index contributed by atoms with van der Waals surface area (Å²) >= 11 is 1.26. The van der Waals surface area contributed by atoms with E-state index in [9.17, 15) is 19.7 Å². The number of para-hydroxylation sites is 1. The summed E-state index contributed by atoms with van der Waals surface area (Å²) in [5.74, 6) is -1.04. The number of rotatable bonds is 6. The van der Waals surface area contributed by atoms with E-state index in [1.54, 1.807) is 4.57 Å². The van der Waals surface area contributed by atoms with Gasteiger partial charge in [-0.1, -0.05) is 36.1 Å². The van der Waals surface area contributed by atoms with Crippen LogP contribution in [0, 0.1) is 10.1 Å². The predicted molar refractivity (Wildman–Crippen MR) is 104 cm³/mol. The van der Waals surface area contributed by atoms with Gasteiger partial charge in [-0.3, -0.25) is 19.7 Å². The number of benzene rings is 2. The van der Waals surface area contributed by atoms with Crippen LogP contribution in [-0.4, -0.2) is 28.0 Å². The summed E-state index contributed by atoms with van der Waals surface area (Å²) < 4.78 is 7.49. The first kappa shape index (κ1) is 19.2. The Hall–Kier alpha value is -3.59. The quantitative estimate of drug-likeness (QED) is 0.275. The molecule has 9 heteroatoms. The molecule has 0 unspecified atom stereocenters. The zero-order chi connectivity index (χ0) is 20.1.